The summed E-state index contributed by atoms with van der Waals surface area (Å²) < 4.78 is 1.55. The summed E-state index contributed by atoms with van der Waals surface area (Å²) in [6, 6.07) is 23.9. The van der Waals surface area contributed by atoms with Gasteiger partial charge in [0.1, 0.15) is 17.5 Å². The normalized spacial score (nSPS) is 11.1. The maximum atomic E-state index is 13.3. The lowest BCUT2D eigenvalue weighted by Gasteiger charge is -2.19. The number of aromatic nitrogens is 2. The van der Waals surface area contributed by atoms with Crippen LogP contribution in [0, 0.1) is 18.3 Å². The second-order valence-electron chi connectivity index (χ2n) is 10.6. The Labute approximate surface area is 239 Å². The average molecular weight is 554 g/mol. The summed E-state index contributed by atoms with van der Waals surface area (Å²) in [5, 5.41) is 21.3. The number of carbonyl (C=O) groups excluding carboxylic acids is 2. The van der Waals surface area contributed by atoms with Crippen LogP contribution >= 0.6 is 11.6 Å². The molecule has 4 aromatic rings. The number of nitriles is 1. The Morgan fingerprint density at radius 3 is 2.15 bits per heavy atom. The van der Waals surface area contributed by atoms with Gasteiger partial charge in [-0.15, -0.1) is 0 Å². The Balaban J connectivity index is 1.48. The van der Waals surface area contributed by atoms with E-state index in [-0.39, 0.29) is 28.4 Å². The molecule has 0 unspecified atom stereocenters. The molecular weight excluding hydrogens is 522 g/mol. The fourth-order valence-corrected chi connectivity index (χ4v) is 4.30. The number of nitrogens with one attached hydrogen (secondary N) is 2. The van der Waals surface area contributed by atoms with E-state index in [9.17, 15) is 14.9 Å². The Morgan fingerprint density at radius 1 is 0.925 bits per heavy atom. The number of hydrogen-bond acceptors (Lipinski definition) is 5. The molecule has 0 aliphatic carbocycles. The van der Waals surface area contributed by atoms with E-state index in [1.54, 1.807) is 41.1 Å². The van der Waals surface area contributed by atoms with Crippen molar-refractivity contribution in [3.8, 4) is 11.8 Å². The molecule has 0 bridgehead atoms. The van der Waals surface area contributed by atoms with E-state index in [0.29, 0.717) is 47.2 Å². The van der Waals surface area contributed by atoms with Crippen LogP contribution in [0.1, 0.15) is 70.3 Å². The maximum Gasteiger partial charge on any atom is 0.251 e. The first-order valence-corrected chi connectivity index (χ1v) is 13.5. The van der Waals surface area contributed by atoms with Crippen molar-refractivity contribution in [1.82, 2.24) is 15.1 Å². The lowest BCUT2D eigenvalue weighted by Crippen LogP contribution is -2.26. The van der Waals surface area contributed by atoms with Crippen LogP contribution in [-0.2, 0) is 5.41 Å². The van der Waals surface area contributed by atoms with Gasteiger partial charge in [-0.05, 0) is 60.7 Å². The van der Waals surface area contributed by atoms with E-state index in [4.69, 9.17) is 11.6 Å². The molecule has 1 amide bonds. The predicted molar refractivity (Wildman–Crippen MR) is 158 cm³/mol. The van der Waals surface area contributed by atoms with Gasteiger partial charge < -0.3 is 10.6 Å². The molecule has 3 aromatic carbocycles. The van der Waals surface area contributed by atoms with Crippen LogP contribution in [0.3, 0.4) is 0 Å². The number of rotatable bonds is 9. The second-order valence-corrected chi connectivity index (χ2v) is 11.1. The van der Waals surface area contributed by atoms with Crippen molar-refractivity contribution >= 4 is 29.1 Å². The number of aryl methyl sites for hydroxylation is 1. The number of hydrogen-bond donors (Lipinski definition) is 2. The largest absolute Gasteiger partial charge is 0.369 e. The number of benzene rings is 3. The number of halogens is 1. The fraction of sp³-hybridized carbons (Fsp3) is 0.250. The zero-order valence-corrected chi connectivity index (χ0v) is 23.8. The summed E-state index contributed by atoms with van der Waals surface area (Å²) in [6.07, 6.45) is 0.587. The molecule has 204 valence electrons. The van der Waals surface area contributed by atoms with Gasteiger partial charge in [0, 0.05) is 29.2 Å². The summed E-state index contributed by atoms with van der Waals surface area (Å²) in [7, 11) is 0. The Morgan fingerprint density at radius 2 is 1.55 bits per heavy atom. The summed E-state index contributed by atoms with van der Waals surface area (Å²) in [5.41, 5.74) is 4.14. The first-order valence-electron chi connectivity index (χ1n) is 13.1. The zero-order valence-electron chi connectivity index (χ0n) is 23.1. The molecule has 0 aliphatic rings. The highest BCUT2D eigenvalue weighted by molar-refractivity contribution is 6.30. The van der Waals surface area contributed by atoms with Gasteiger partial charge >= 0.3 is 0 Å². The Hall–Kier alpha value is -4.41. The zero-order chi connectivity index (χ0) is 28.9. The third-order valence-electron chi connectivity index (χ3n) is 6.54. The molecule has 0 fully saturated rings. The minimum atomic E-state index is -0.336. The smallest absolute Gasteiger partial charge is 0.251 e. The number of nitrogens with zero attached hydrogens (tertiary/aromatic N) is 3. The number of anilines is 1. The van der Waals surface area contributed by atoms with Crippen LogP contribution in [0.5, 0.6) is 0 Å². The van der Waals surface area contributed by atoms with E-state index >= 15 is 0 Å². The predicted octanol–water partition coefficient (Wildman–Crippen LogP) is 6.47. The van der Waals surface area contributed by atoms with Gasteiger partial charge in [0.25, 0.3) is 5.91 Å². The first kappa shape index (κ1) is 28.6. The van der Waals surface area contributed by atoms with Crippen LogP contribution < -0.4 is 10.6 Å². The topological polar surface area (TPSA) is 99.8 Å². The second kappa shape index (κ2) is 12.2. The summed E-state index contributed by atoms with van der Waals surface area (Å²) in [6.45, 7) is 9.21. The van der Waals surface area contributed by atoms with Crippen LogP contribution in [0.4, 0.5) is 5.82 Å². The standard InChI is InChI=1S/C32H32ClN5O2/c1-21-6-8-22(9-7-21)29(39)28-27(20-34)30(38(37-28)26-16-14-25(33)15-17-26)35-18-5-19-36-31(40)23-10-12-24(13-11-23)32(2,3)4/h6-17,35H,5,18-19H2,1-4H3,(H,36,40). The van der Waals surface area contributed by atoms with Crippen molar-refractivity contribution < 1.29 is 9.59 Å². The summed E-state index contributed by atoms with van der Waals surface area (Å²) in [4.78, 5) is 25.9. The lowest BCUT2D eigenvalue weighted by molar-refractivity contribution is 0.0952. The molecular formula is C32H32ClN5O2. The minimum absolute atomic E-state index is 0.0199. The van der Waals surface area contributed by atoms with Crippen molar-refractivity contribution in [2.45, 2.75) is 39.5 Å². The molecule has 7 nitrogen and oxygen atoms in total. The third-order valence-corrected chi connectivity index (χ3v) is 6.79. The van der Waals surface area contributed by atoms with E-state index in [1.165, 1.54) is 5.56 Å². The minimum Gasteiger partial charge on any atom is -0.369 e. The fourth-order valence-electron chi connectivity index (χ4n) is 4.18. The molecule has 0 saturated carbocycles. The molecule has 0 spiro atoms. The molecule has 0 radical (unpaired) electrons. The van der Waals surface area contributed by atoms with Crippen LogP contribution in [-0.4, -0.2) is 34.6 Å². The SMILES string of the molecule is Cc1ccc(C(=O)c2nn(-c3ccc(Cl)cc3)c(NCCCNC(=O)c3ccc(C(C)(C)C)cc3)c2C#N)cc1. The first-order chi connectivity index (χ1) is 19.1. The molecule has 2 N–H and O–H groups in total. The third kappa shape index (κ3) is 6.59. The van der Waals surface area contributed by atoms with Gasteiger partial charge in [0.05, 0.1) is 5.69 Å². The van der Waals surface area contributed by atoms with Crippen molar-refractivity contribution in [2.24, 2.45) is 0 Å². The number of carbonyl (C=O) groups is 2. The number of amides is 1. The van der Waals surface area contributed by atoms with Gasteiger partial charge in [0.15, 0.2) is 5.69 Å². The maximum absolute atomic E-state index is 13.3. The highest BCUT2D eigenvalue weighted by atomic mass is 35.5. The lowest BCUT2D eigenvalue weighted by atomic mass is 9.87. The molecule has 8 heteroatoms. The van der Waals surface area contributed by atoms with Crippen molar-refractivity contribution in [3.05, 3.63) is 111 Å². The van der Waals surface area contributed by atoms with Gasteiger partial charge in [-0.1, -0.05) is 74.3 Å². The van der Waals surface area contributed by atoms with E-state index in [0.717, 1.165) is 5.56 Å². The van der Waals surface area contributed by atoms with E-state index in [2.05, 4.69) is 42.6 Å². The number of ketones is 1. The van der Waals surface area contributed by atoms with E-state index < -0.39 is 0 Å². The molecule has 4 rings (SSSR count). The van der Waals surface area contributed by atoms with Crippen LogP contribution in [0.25, 0.3) is 5.69 Å². The monoisotopic (exact) mass is 553 g/mol. The van der Waals surface area contributed by atoms with Gasteiger partial charge in [0.2, 0.25) is 5.78 Å². The highest BCUT2D eigenvalue weighted by Crippen LogP contribution is 2.26. The molecule has 0 saturated heterocycles. The van der Waals surface area contributed by atoms with Crippen molar-refractivity contribution in [3.63, 3.8) is 0 Å². The molecule has 1 aromatic heterocycles. The molecule has 1 heterocycles. The van der Waals surface area contributed by atoms with Crippen LogP contribution in [0.15, 0.2) is 72.8 Å². The van der Waals surface area contributed by atoms with Crippen LogP contribution in [0.2, 0.25) is 5.02 Å². The van der Waals surface area contributed by atoms with Crippen molar-refractivity contribution in [2.75, 3.05) is 18.4 Å². The van der Waals surface area contributed by atoms with Gasteiger partial charge in [-0.25, -0.2) is 4.68 Å². The summed E-state index contributed by atoms with van der Waals surface area (Å²) >= 11 is 6.08. The summed E-state index contributed by atoms with van der Waals surface area (Å²) in [5.74, 6) is -0.0724. The average Bonchev–Trinajstić information content (AvgIpc) is 3.31. The van der Waals surface area contributed by atoms with Crippen molar-refractivity contribution in [1.29, 1.82) is 5.26 Å². The van der Waals surface area contributed by atoms with Gasteiger partial charge in [-0.2, -0.15) is 10.4 Å². The Kier molecular flexibility index (Phi) is 8.71. The molecule has 0 aliphatic heterocycles. The quantitative estimate of drug-likeness (QED) is 0.183. The molecule has 0 atom stereocenters. The van der Waals surface area contributed by atoms with Gasteiger partial charge in [-0.3, -0.25) is 9.59 Å². The highest BCUT2D eigenvalue weighted by Gasteiger charge is 2.25. The van der Waals surface area contributed by atoms with E-state index in [1.807, 2.05) is 43.3 Å². The Bertz CT molecular complexity index is 1540. The molecule has 40 heavy (non-hydrogen) atoms.